The minimum absolute atomic E-state index is 0.0230. The van der Waals surface area contributed by atoms with Gasteiger partial charge in [0, 0.05) is 48.3 Å². The summed E-state index contributed by atoms with van der Waals surface area (Å²) in [6.45, 7) is 3.57. The lowest BCUT2D eigenvalue weighted by molar-refractivity contribution is -0.122. The van der Waals surface area contributed by atoms with Crippen molar-refractivity contribution in [2.75, 3.05) is 19.6 Å². The van der Waals surface area contributed by atoms with E-state index < -0.39 is 22.0 Å². The molecule has 39 heavy (non-hydrogen) atoms. The summed E-state index contributed by atoms with van der Waals surface area (Å²) in [5.74, 6) is -0.273. The van der Waals surface area contributed by atoms with E-state index in [1.807, 2.05) is 49.5 Å². The number of piperidine rings is 1. The van der Waals surface area contributed by atoms with Gasteiger partial charge in [-0.05, 0) is 61.4 Å². The lowest BCUT2D eigenvalue weighted by atomic mass is 9.98. The number of guanidine groups is 1. The topological polar surface area (TPSA) is 157 Å². The molecule has 0 aliphatic carbocycles. The number of rotatable bonds is 8. The number of nitrogens with two attached hydrogens (primary N) is 1. The molecule has 2 aromatic carbocycles. The molecule has 1 aliphatic rings. The van der Waals surface area contributed by atoms with Crippen molar-refractivity contribution in [1.29, 1.82) is 5.41 Å². The molecular formula is C28H33N7O3S. The highest BCUT2D eigenvalue weighted by Gasteiger charge is 2.29. The Balaban J connectivity index is 1.41. The number of nitrogens with one attached hydrogen (secondary N) is 4. The minimum Gasteiger partial charge on any atom is -0.370 e. The van der Waals surface area contributed by atoms with Crippen LogP contribution in [0.4, 0.5) is 0 Å². The fourth-order valence-electron chi connectivity index (χ4n) is 5.24. The number of sulfonamides is 1. The van der Waals surface area contributed by atoms with Crippen molar-refractivity contribution in [2.24, 2.45) is 11.7 Å². The second-order valence-corrected chi connectivity index (χ2v) is 11.8. The number of aromatic amines is 1. The van der Waals surface area contributed by atoms with Gasteiger partial charge in [-0.1, -0.05) is 30.3 Å². The van der Waals surface area contributed by atoms with E-state index in [0.717, 1.165) is 41.4 Å². The van der Waals surface area contributed by atoms with E-state index in [-0.39, 0.29) is 23.2 Å². The molecule has 1 saturated heterocycles. The van der Waals surface area contributed by atoms with E-state index in [4.69, 9.17) is 11.1 Å². The van der Waals surface area contributed by atoms with Gasteiger partial charge < -0.3 is 20.9 Å². The van der Waals surface area contributed by atoms with Crippen molar-refractivity contribution >= 4 is 43.7 Å². The average Bonchev–Trinajstić information content (AvgIpc) is 3.33. The molecule has 6 N–H and O–H groups in total. The number of hydrogen-bond donors (Lipinski definition) is 5. The fraction of sp³-hybridized carbons (Fsp3) is 0.321. The van der Waals surface area contributed by atoms with Crippen molar-refractivity contribution in [2.45, 2.75) is 37.1 Å². The number of carbonyl (C=O) groups excluding carboxylic acids is 1. The number of carbonyl (C=O) groups is 1. The second-order valence-electron chi connectivity index (χ2n) is 10.2. The summed E-state index contributed by atoms with van der Waals surface area (Å²) in [4.78, 5) is 22.9. The Kier molecular flexibility index (Phi) is 7.53. The third-order valence-electron chi connectivity index (χ3n) is 7.24. The number of H-pyrrole nitrogens is 1. The maximum atomic E-state index is 13.7. The summed E-state index contributed by atoms with van der Waals surface area (Å²) in [7, 11) is -4.10. The van der Waals surface area contributed by atoms with Crippen LogP contribution >= 0.6 is 0 Å². The first-order valence-corrected chi connectivity index (χ1v) is 14.5. The smallest absolute Gasteiger partial charge is 0.243 e. The number of pyridine rings is 1. The standard InChI is InChI=1S/C28H33N7O3S/c1-18-12-20-7-4-10-25(26(20)32-14-18)39(37,38)34-24(13-21-16-31-23-9-3-2-8-22(21)23)27(36)33-15-19-6-5-11-35(17-19)28(29)30/h2-4,7-10,12,14,16,19,24,31,34H,5-6,11,13,15,17H2,1H3,(H3,29,30)(H,33,36)/t19?,24-/m1/s1. The first-order chi connectivity index (χ1) is 18.7. The van der Waals surface area contributed by atoms with Gasteiger partial charge in [0.15, 0.2) is 5.96 Å². The van der Waals surface area contributed by atoms with E-state index in [1.165, 1.54) is 6.07 Å². The van der Waals surface area contributed by atoms with Crippen LogP contribution in [0, 0.1) is 18.3 Å². The van der Waals surface area contributed by atoms with E-state index in [1.54, 1.807) is 17.2 Å². The Morgan fingerprint density at radius 3 is 2.90 bits per heavy atom. The van der Waals surface area contributed by atoms with Gasteiger partial charge in [0.25, 0.3) is 0 Å². The lowest BCUT2D eigenvalue weighted by Gasteiger charge is -2.33. The summed E-state index contributed by atoms with van der Waals surface area (Å²) < 4.78 is 30.0. The zero-order valence-corrected chi connectivity index (χ0v) is 22.6. The maximum Gasteiger partial charge on any atom is 0.243 e. The van der Waals surface area contributed by atoms with Crippen LogP contribution in [0.1, 0.15) is 24.0 Å². The third-order valence-corrected chi connectivity index (χ3v) is 8.74. The lowest BCUT2D eigenvalue weighted by Crippen LogP contribution is -2.51. The van der Waals surface area contributed by atoms with Gasteiger partial charge in [-0.15, -0.1) is 0 Å². The average molecular weight is 548 g/mol. The molecule has 4 aromatic rings. The molecule has 204 valence electrons. The number of para-hydroxylation sites is 2. The molecule has 5 rings (SSSR count). The summed E-state index contributed by atoms with van der Waals surface area (Å²) in [6.07, 6.45) is 5.37. The number of hydrogen-bond acceptors (Lipinski definition) is 5. The molecule has 1 amide bonds. The Morgan fingerprint density at radius 2 is 2.08 bits per heavy atom. The first kappa shape index (κ1) is 26.6. The predicted molar refractivity (Wildman–Crippen MR) is 152 cm³/mol. The van der Waals surface area contributed by atoms with Gasteiger partial charge in [-0.2, -0.15) is 4.72 Å². The molecule has 1 aliphatic heterocycles. The molecule has 10 nitrogen and oxygen atoms in total. The molecular weight excluding hydrogens is 514 g/mol. The van der Waals surface area contributed by atoms with Crippen molar-refractivity contribution in [1.82, 2.24) is 24.9 Å². The van der Waals surface area contributed by atoms with Crippen molar-refractivity contribution < 1.29 is 13.2 Å². The predicted octanol–water partition coefficient (Wildman–Crippen LogP) is 2.64. The molecule has 1 unspecified atom stereocenters. The van der Waals surface area contributed by atoms with E-state index in [2.05, 4.69) is 20.0 Å². The molecule has 1 fully saturated rings. The number of nitrogens with zero attached hydrogens (tertiary/aromatic N) is 2. The van der Waals surface area contributed by atoms with Crippen LogP contribution in [0.25, 0.3) is 21.8 Å². The van der Waals surface area contributed by atoms with E-state index in [0.29, 0.717) is 24.0 Å². The number of likely N-dealkylation sites (tertiary alicyclic amines) is 1. The maximum absolute atomic E-state index is 13.7. The Morgan fingerprint density at radius 1 is 1.26 bits per heavy atom. The van der Waals surface area contributed by atoms with Gasteiger partial charge in [0.2, 0.25) is 15.9 Å². The number of fused-ring (bicyclic) bond motifs is 2. The molecule has 0 radical (unpaired) electrons. The summed E-state index contributed by atoms with van der Waals surface area (Å²) >= 11 is 0. The Hall–Kier alpha value is -3.96. The van der Waals surface area contributed by atoms with Gasteiger partial charge >= 0.3 is 0 Å². The van der Waals surface area contributed by atoms with Gasteiger partial charge in [0.05, 0.1) is 5.52 Å². The van der Waals surface area contributed by atoms with Crippen LogP contribution in [-0.2, 0) is 21.2 Å². The SMILES string of the molecule is Cc1cnc2c(S(=O)(=O)N[C@H](Cc3c[nH]c4ccccc34)C(=O)NCC3CCCN(C(=N)N)C3)cccc2c1. The highest BCUT2D eigenvalue weighted by atomic mass is 32.2. The van der Waals surface area contributed by atoms with Gasteiger partial charge in [0.1, 0.15) is 10.9 Å². The highest BCUT2D eigenvalue weighted by molar-refractivity contribution is 7.89. The molecule has 11 heteroatoms. The van der Waals surface area contributed by atoms with E-state index in [9.17, 15) is 13.2 Å². The van der Waals surface area contributed by atoms with Crippen LogP contribution < -0.4 is 15.8 Å². The molecule has 2 atom stereocenters. The number of aryl methyl sites for hydroxylation is 1. The molecule has 0 spiro atoms. The monoisotopic (exact) mass is 547 g/mol. The van der Waals surface area contributed by atoms with Crippen LogP contribution in [0.5, 0.6) is 0 Å². The molecule has 0 bridgehead atoms. The second kappa shape index (κ2) is 11.0. The Labute approximate surface area is 227 Å². The number of aromatic nitrogens is 2. The number of amides is 1. The van der Waals surface area contributed by atoms with Gasteiger partial charge in [-0.25, -0.2) is 8.42 Å². The molecule has 2 aromatic heterocycles. The van der Waals surface area contributed by atoms with Crippen molar-refractivity contribution in [3.05, 3.63) is 72.1 Å². The van der Waals surface area contributed by atoms with Crippen LogP contribution in [0.15, 0.2) is 65.8 Å². The fourth-order valence-corrected chi connectivity index (χ4v) is 6.61. The molecule has 0 saturated carbocycles. The summed E-state index contributed by atoms with van der Waals surface area (Å²) in [5, 5.41) is 12.3. The van der Waals surface area contributed by atoms with Gasteiger partial charge in [-0.3, -0.25) is 15.2 Å². The highest BCUT2D eigenvalue weighted by Crippen LogP contribution is 2.24. The quantitative estimate of drug-likeness (QED) is 0.169. The summed E-state index contributed by atoms with van der Waals surface area (Å²) in [6, 6.07) is 13.5. The van der Waals surface area contributed by atoms with Crippen molar-refractivity contribution in [3.63, 3.8) is 0 Å². The summed E-state index contributed by atoms with van der Waals surface area (Å²) in [5.41, 5.74) is 8.69. The zero-order chi connectivity index (χ0) is 27.6. The zero-order valence-electron chi connectivity index (χ0n) is 21.8. The normalized spacial score (nSPS) is 16.8. The van der Waals surface area contributed by atoms with Crippen LogP contribution in [0.3, 0.4) is 0 Å². The number of benzene rings is 2. The van der Waals surface area contributed by atoms with E-state index >= 15 is 0 Å². The third kappa shape index (κ3) is 5.89. The van der Waals surface area contributed by atoms with Crippen LogP contribution in [-0.4, -0.2) is 60.8 Å². The molecule has 3 heterocycles. The Bertz CT molecular complexity index is 1630. The minimum atomic E-state index is -4.10. The first-order valence-electron chi connectivity index (χ1n) is 13.0. The largest absolute Gasteiger partial charge is 0.370 e. The van der Waals surface area contributed by atoms with Crippen molar-refractivity contribution in [3.8, 4) is 0 Å². The van der Waals surface area contributed by atoms with Crippen LogP contribution in [0.2, 0.25) is 0 Å².